The molecule has 1 N–H and O–H groups in total. The minimum absolute atomic E-state index is 0.185. The molecule has 0 radical (unpaired) electrons. The second-order valence-electron chi connectivity index (χ2n) is 5.38. The molecule has 0 saturated carbocycles. The number of carbonyl (C=O) groups is 1. The van der Waals surface area contributed by atoms with Gasteiger partial charge in [-0.25, -0.2) is 0 Å². The fourth-order valence-corrected chi connectivity index (χ4v) is 2.37. The van der Waals surface area contributed by atoms with Gasteiger partial charge in [0.25, 0.3) is 5.91 Å². The van der Waals surface area contributed by atoms with Crippen molar-refractivity contribution in [2.75, 3.05) is 19.8 Å². The predicted molar refractivity (Wildman–Crippen MR) is 93.7 cm³/mol. The van der Waals surface area contributed by atoms with Gasteiger partial charge in [0.1, 0.15) is 23.4 Å². The van der Waals surface area contributed by atoms with Crippen LogP contribution in [0.15, 0.2) is 42.5 Å². The zero-order valence-corrected chi connectivity index (χ0v) is 14.4. The molecule has 3 rings (SSSR count). The highest BCUT2D eigenvalue weighted by molar-refractivity contribution is 6.31. The third kappa shape index (κ3) is 4.60. The Balaban J connectivity index is 1.42. The summed E-state index contributed by atoms with van der Waals surface area (Å²) in [5.41, 5.74) is 2.36. The maximum absolute atomic E-state index is 11.8. The first-order valence-electron chi connectivity index (χ1n) is 7.72. The number of aryl methyl sites for hydroxylation is 1. The molecular weight excluding hydrogens is 344 g/mol. The molecule has 0 bridgehead atoms. The molecule has 25 heavy (non-hydrogen) atoms. The Bertz CT molecular complexity index is 881. The number of nitrogens with zero attached hydrogens (tertiary/aromatic N) is 3. The van der Waals surface area contributed by atoms with Crippen LogP contribution < -0.4 is 14.9 Å². The van der Waals surface area contributed by atoms with Crippen LogP contribution in [0.4, 0.5) is 0 Å². The molecule has 3 aromatic rings. The van der Waals surface area contributed by atoms with Gasteiger partial charge in [-0.05, 0) is 48.0 Å². The van der Waals surface area contributed by atoms with Crippen LogP contribution in [-0.2, 0) is 4.79 Å². The molecular formula is C17H17ClN4O3. The van der Waals surface area contributed by atoms with Crippen molar-refractivity contribution in [1.82, 2.24) is 20.5 Å². The summed E-state index contributed by atoms with van der Waals surface area (Å²) in [5.74, 6) is 0.495. The van der Waals surface area contributed by atoms with E-state index in [0.29, 0.717) is 29.2 Å². The first-order valence-corrected chi connectivity index (χ1v) is 8.10. The zero-order valence-electron chi connectivity index (χ0n) is 13.6. The normalized spacial score (nSPS) is 10.6. The van der Waals surface area contributed by atoms with Crippen molar-refractivity contribution in [2.45, 2.75) is 6.92 Å². The highest BCUT2D eigenvalue weighted by Gasteiger charge is 2.08. The summed E-state index contributed by atoms with van der Waals surface area (Å²) in [7, 11) is 0. The molecule has 0 aliphatic carbocycles. The van der Waals surface area contributed by atoms with Crippen LogP contribution in [0.1, 0.15) is 5.56 Å². The van der Waals surface area contributed by atoms with Crippen LogP contribution in [0.25, 0.3) is 11.0 Å². The fourth-order valence-electron chi connectivity index (χ4n) is 2.20. The van der Waals surface area contributed by atoms with Crippen molar-refractivity contribution in [3.8, 4) is 5.75 Å². The van der Waals surface area contributed by atoms with Crippen molar-refractivity contribution in [1.29, 1.82) is 0 Å². The number of nitrogens with one attached hydrogen (secondary N) is 1. The molecule has 0 saturated heterocycles. The van der Waals surface area contributed by atoms with E-state index < -0.39 is 0 Å². The molecule has 1 aromatic heterocycles. The van der Waals surface area contributed by atoms with Gasteiger partial charge in [0.2, 0.25) is 0 Å². The number of hydrogen-bond donors (Lipinski definition) is 1. The predicted octanol–water partition coefficient (Wildman–Crippen LogP) is 2.02. The van der Waals surface area contributed by atoms with E-state index in [0.717, 1.165) is 11.3 Å². The van der Waals surface area contributed by atoms with Crippen LogP contribution in [0, 0.1) is 6.92 Å². The Morgan fingerprint density at radius 2 is 2.16 bits per heavy atom. The molecule has 0 fully saturated rings. The van der Waals surface area contributed by atoms with Crippen molar-refractivity contribution in [3.05, 3.63) is 53.1 Å². The van der Waals surface area contributed by atoms with Gasteiger partial charge in [-0.15, -0.1) is 5.10 Å². The van der Waals surface area contributed by atoms with Gasteiger partial charge in [0, 0.05) is 5.02 Å². The molecule has 130 valence electrons. The number of halogens is 1. The molecule has 7 nitrogen and oxygen atoms in total. The maximum atomic E-state index is 11.8. The van der Waals surface area contributed by atoms with Gasteiger partial charge in [-0.2, -0.15) is 0 Å². The molecule has 1 amide bonds. The standard InChI is InChI=1S/C17H17ClN4O3/c1-12-3-2-4-14(9-12)24-8-7-19-17(23)11-25-22-16-10-13(18)5-6-15(16)20-21-22/h2-6,9-10H,7-8,11H2,1H3,(H,19,23). The summed E-state index contributed by atoms with van der Waals surface area (Å²) in [5, 5.41) is 11.0. The Kier molecular flexibility index (Phi) is 5.35. The summed E-state index contributed by atoms with van der Waals surface area (Å²) < 4.78 is 5.56. The van der Waals surface area contributed by atoms with Gasteiger partial charge in [-0.3, -0.25) is 4.79 Å². The van der Waals surface area contributed by atoms with Gasteiger partial charge < -0.3 is 14.9 Å². The molecule has 0 spiro atoms. The van der Waals surface area contributed by atoms with Gasteiger partial charge in [-0.1, -0.05) is 28.6 Å². The summed E-state index contributed by atoms with van der Waals surface area (Å²) in [6.07, 6.45) is 0. The molecule has 8 heteroatoms. The number of carbonyl (C=O) groups excluding carboxylic acids is 1. The van der Waals surface area contributed by atoms with Crippen LogP contribution in [0.5, 0.6) is 5.75 Å². The molecule has 2 aromatic carbocycles. The number of aromatic nitrogens is 3. The first-order chi connectivity index (χ1) is 12.1. The topological polar surface area (TPSA) is 78.3 Å². The molecule has 0 aliphatic rings. The number of fused-ring (bicyclic) bond motifs is 1. The van der Waals surface area contributed by atoms with Crippen LogP contribution in [0.2, 0.25) is 5.02 Å². The lowest BCUT2D eigenvalue weighted by Crippen LogP contribution is -2.34. The Hall–Kier alpha value is -2.80. The minimum Gasteiger partial charge on any atom is -0.492 e. The monoisotopic (exact) mass is 360 g/mol. The Labute approximate surface area is 149 Å². The number of rotatable bonds is 7. The van der Waals surface area contributed by atoms with Crippen molar-refractivity contribution in [2.24, 2.45) is 0 Å². The zero-order chi connectivity index (χ0) is 17.6. The maximum Gasteiger partial charge on any atom is 0.260 e. The van der Waals surface area contributed by atoms with Gasteiger partial charge in [0.15, 0.2) is 6.61 Å². The number of hydrogen-bond acceptors (Lipinski definition) is 5. The molecule has 0 aliphatic heterocycles. The van der Waals surface area contributed by atoms with E-state index in [-0.39, 0.29) is 12.5 Å². The summed E-state index contributed by atoms with van der Waals surface area (Å²) in [6, 6.07) is 12.8. The third-order valence-corrected chi connectivity index (χ3v) is 3.61. The summed E-state index contributed by atoms with van der Waals surface area (Å²) >= 11 is 5.94. The van der Waals surface area contributed by atoms with E-state index in [1.807, 2.05) is 31.2 Å². The molecule has 1 heterocycles. The lowest BCUT2D eigenvalue weighted by molar-refractivity contribution is -0.126. The Morgan fingerprint density at radius 1 is 1.28 bits per heavy atom. The van der Waals surface area contributed by atoms with Crippen LogP contribution in [0.3, 0.4) is 0 Å². The smallest absolute Gasteiger partial charge is 0.260 e. The summed E-state index contributed by atoms with van der Waals surface area (Å²) in [6.45, 7) is 2.56. The second kappa shape index (κ2) is 7.85. The second-order valence-corrected chi connectivity index (χ2v) is 5.82. The van der Waals surface area contributed by atoms with Crippen molar-refractivity contribution < 1.29 is 14.4 Å². The minimum atomic E-state index is -0.279. The molecule has 0 unspecified atom stereocenters. The lowest BCUT2D eigenvalue weighted by atomic mass is 10.2. The van der Waals surface area contributed by atoms with Crippen molar-refractivity contribution >= 4 is 28.5 Å². The van der Waals surface area contributed by atoms with E-state index in [2.05, 4.69) is 15.6 Å². The van der Waals surface area contributed by atoms with Crippen LogP contribution >= 0.6 is 11.6 Å². The highest BCUT2D eigenvalue weighted by Crippen LogP contribution is 2.16. The SMILES string of the molecule is Cc1cccc(OCCNC(=O)COn2nnc3ccc(Cl)cc32)c1. The quantitative estimate of drug-likeness (QED) is 0.652. The lowest BCUT2D eigenvalue weighted by Gasteiger charge is -2.09. The van der Waals surface area contributed by atoms with Gasteiger partial charge >= 0.3 is 0 Å². The number of benzene rings is 2. The average Bonchev–Trinajstić information content (AvgIpc) is 2.99. The third-order valence-electron chi connectivity index (χ3n) is 3.38. The van der Waals surface area contributed by atoms with E-state index in [1.54, 1.807) is 18.2 Å². The van der Waals surface area contributed by atoms with E-state index in [1.165, 1.54) is 4.85 Å². The highest BCUT2D eigenvalue weighted by atomic mass is 35.5. The first kappa shape index (κ1) is 17.0. The van der Waals surface area contributed by atoms with Crippen molar-refractivity contribution in [3.63, 3.8) is 0 Å². The van der Waals surface area contributed by atoms with E-state index >= 15 is 0 Å². The van der Waals surface area contributed by atoms with Gasteiger partial charge in [0.05, 0.1) is 6.54 Å². The number of ether oxygens (including phenoxy) is 1. The van der Waals surface area contributed by atoms with E-state index in [4.69, 9.17) is 21.2 Å². The fraction of sp³-hybridized carbons (Fsp3) is 0.235. The molecule has 0 atom stereocenters. The largest absolute Gasteiger partial charge is 0.492 e. The Morgan fingerprint density at radius 3 is 3.00 bits per heavy atom. The summed E-state index contributed by atoms with van der Waals surface area (Å²) in [4.78, 5) is 18.4. The average molecular weight is 361 g/mol. The number of amides is 1. The van der Waals surface area contributed by atoms with Crippen LogP contribution in [-0.4, -0.2) is 40.8 Å². The van der Waals surface area contributed by atoms with E-state index in [9.17, 15) is 4.79 Å².